The molecular formula is C31H26N2O5S. The molecule has 8 heteroatoms. The quantitative estimate of drug-likeness (QED) is 0.189. The van der Waals surface area contributed by atoms with Crippen LogP contribution in [0.25, 0.3) is 12.2 Å². The van der Waals surface area contributed by atoms with Gasteiger partial charge >= 0.3 is 0 Å². The van der Waals surface area contributed by atoms with Crippen LogP contribution in [0.4, 0.5) is 5.69 Å². The number of carbonyl (C=O) groups is 3. The first-order valence-electron chi connectivity index (χ1n) is 11.9. The third kappa shape index (κ3) is 7.30. The minimum absolute atomic E-state index is 0.00532. The van der Waals surface area contributed by atoms with Gasteiger partial charge < -0.3 is 20.1 Å². The Labute approximate surface area is 230 Å². The van der Waals surface area contributed by atoms with Crippen LogP contribution in [0, 0.1) is 0 Å². The van der Waals surface area contributed by atoms with Crippen LogP contribution in [0.15, 0.2) is 101 Å². The van der Waals surface area contributed by atoms with E-state index in [1.165, 1.54) is 26.4 Å². The molecule has 1 aromatic heterocycles. The topological polar surface area (TPSA) is 93.7 Å². The molecule has 2 N–H and O–H groups in total. The second-order valence-corrected chi connectivity index (χ2v) is 9.05. The van der Waals surface area contributed by atoms with Crippen molar-refractivity contribution in [2.24, 2.45) is 0 Å². The highest BCUT2D eigenvalue weighted by atomic mass is 32.1. The van der Waals surface area contributed by atoms with Gasteiger partial charge in [0.15, 0.2) is 5.78 Å². The lowest BCUT2D eigenvalue weighted by Crippen LogP contribution is -2.30. The van der Waals surface area contributed by atoms with Crippen molar-refractivity contribution in [3.63, 3.8) is 0 Å². The number of ether oxygens (including phenoxy) is 2. The van der Waals surface area contributed by atoms with E-state index in [0.717, 1.165) is 5.56 Å². The molecule has 196 valence electrons. The highest BCUT2D eigenvalue weighted by Crippen LogP contribution is 2.26. The molecule has 0 aliphatic rings. The fourth-order valence-electron chi connectivity index (χ4n) is 3.60. The van der Waals surface area contributed by atoms with Gasteiger partial charge in [0.1, 0.15) is 17.2 Å². The molecule has 2 amide bonds. The largest absolute Gasteiger partial charge is 0.497 e. The fraction of sp³-hybridized carbons (Fsp3) is 0.0645. The molecule has 0 bridgehead atoms. The fourth-order valence-corrected chi connectivity index (χ4v) is 4.23. The summed E-state index contributed by atoms with van der Waals surface area (Å²) in [6.45, 7) is 0. The molecule has 0 aliphatic heterocycles. The number of amides is 2. The number of carbonyl (C=O) groups excluding carboxylic acids is 3. The highest BCUT2D eigenvalue weighted by Gasteiger charge is 2.17. The van der Waals surface area contributed by atoms with Crippen LogP contribution in [-0.4, -0.2) is 31.8 Å². The summed E-state index contributed by atoms with van der Waals surface area (Å²) >= 11 is 1.56. The van der Waals surface area contributed by atoms with Gasteiger partial charge in [-0.3, -0.25) is 14.4 Å². The van der Waals surface area contributed by atoms with Gasteiger partial charge in [0.05, 0.1) is 14.2 Å². The number of rotatable bonds is 10. The van der Waals surface area contributed by atoms with Crippen molar-refractivity contribution >= 4 is 46.8 Å². The second-order valence-electron chi connectivity index (χ2n) is 8.27. The highest BCUT2D eigenvalue weighted by molar-refractivity contribution is 7.08. The van der Waals surface area contributed by atoms with E-state index in [2.05, 4.69) is 10.6 Å². The molecule has 4 aromatic rings. The Bertz CT molecular complexity index is 1510. The molecule has 0 saturated heterocycles. The summed E-state index contributed by atoms with van der Waals surface area (Å²) in [5, 5.41) is 9.38. The van der Waals surface area contributed by atoms with Crippen molar-refractivity contribution in [1.82, 2.24) is 5.32 Å². The van der Waals surface area contributed by atoms with Gasteiger partial charge in [0, 0.05) is 22.4 Å². The molecule has 0 radical (unpaired) electrons. The average molecular weight is 539 g/mol. The third-order valence-corrected chi connectivity index (χ3v) is 6.36. The number of benzene rings is 3. The third-order valence-electron chi connectivity index (χ3n) is 5.66. The number of ketones is 1. The summed E-state index contributed by atoms with van der Waals surface area (Å²) in [6.07, 6.45) is 4.79. The summed E-state index contributed by atoms with van der Waals surface area (Å²) in [7, 11) is 3.05. The maximum atomic E-state index is 13.3. The Morgan fingerprint density at radius 3 is 2.28 bits per heavy atom. The number of hydrogen-bond acceptors (Lipinski definition) is 6. The van der Waals surface area contributed by atoms with E-state index in [-0.39, 0.29) is 11.5 Å². The minimum atomic E-state index is -0.555. The van der Waals surface area contributed by atoms with E-state index in [9.17, 15) is 14.4 Å². The molecule has 0 fully saturated rings. The SMILES string of the molecule is COc1ccc(OC)c(/C=C(\NC(=O)c2ccccc2)C(=O)Nc2ccc(C(=O)/C=C/c3ccsc3)cc2)c1. The zero-order valence-corrected chi connectivity index (χ0v) is 22.2. The van der Waals surface area contributed by atoms with Crippen molar-refractivity contribution in [1.29, 1.82) is 0 Å². The summed E-state index contributed by atoms with van der Waals surface area (Å²) < 4.78 is 10.7. The Hall–Kier alpha value is -4.95. The molecular weight excluding hydrogens is 512 g/mol. The lowest BCUT2D eigenvalue weighted by atomic mass is 10.1. The zero-order valence-electron chi connectivity index (χ0n) is 21.3. The Balaban J connectivity index is 1.57. The summed E-state index contributed by atoms with van der Waals surface area (Å²) in [4.78, 5) is 38.8. The molecule has 7 nitrogen and oxygen atoms in total. The predicted octanol–water partition coefficient (Wildman–Crippen LogP) is 6.07. The van der Waals surface area contributed by atoms with Gasteiger partial charge in [-0.2, -0.15) is 11.3 Å². The smallest absolute Gasteiger partial charge is 0.272 e. The van der Waals surface area contributed by atoms with Gasteiger partial charge in [0.2, 0.25) is 0 Å². The van der Waals surface area contributed by atoms with Crippen molar-refractivity contribution in [2.45, 2.75) is 0 Å². The van der Waals surface area contributed by atoms with Crippen molar-refractivity contribution in [2.75, 3.05) is 19.5 Å². The number of anilines is 1. The van der Waals surface area contributed by atoms with Gasteiger partial charge in [-0.05, 0) is 89.1 Å². The van der Waals surface area contributed by atoms with E-state index in [1.54, 1.807) is 90.2 Å². The lowest BCUT2D eigenvalue weighted by Gasteiger charge is -2.13. The molecule has 0 saturated carbocycles. The molecule has 0 aliphatic carbocycles. The standard InChI is InChI=1S/C31H26N2O5S/c1-37-26-13-15-29(38-2)24(18-26)19-27(33-30(35)23-6-4-3-5-7-23)31(36)32-25-11-9-22(10-12-25)28(34)14-8-21-16-17-39-20-21/h3-20H,1-2H3,(H,32,36)(H,33,35)/b14-8+,27-19-. The summed E-state index contributed by atoms with van der Waals surface area (Å²) in [5.74, 6) is -0.101. The number of allylic oxidation sites excluding steroid dienone is 1. The normalized spacial score (nSPS) is 11.2. The van der Waals surface area contributed by atoms with Crippen LogP contribution in [0.1, 0.15) is 31.8 Å². The second kappa shape index (κ2) is 13.0. The predicted molar refractivity (Wildman–Crippen MR) is 154 cm³/mol. The summed E-state index contributed by atoms with van der Waals surface area (Å²) in [6, 6.07) is 22.2. The van der Waals surface area contributed by atoms with E-state index in [0.29, 0.717) is 33.9 Å². The number of methoxy groups -OCH3 is 2. The number of nitrogens with one attached hydrogen (secondary N) is 2. The van der Waals surface area contributed by atoms with Gasteiger partial charge in [-0.1, -0.05) is 24.3 Å². The Morgan fingerprint density at radius 1 is 0.846 bits per heavy atom. The van der Waals surface area contributed by atoms with Crippen LogP contribution in [-0.2, 0) is 4.79 Å². The molecule has 0 unspecified atom stereocenters. The van der Waals surface area contributed by atoms with Crippen molar-refractivity contribution in [3.05, 3.63) is 124 Å². The summed E-state index contributed by atoms with van der Waals surface area (Å²) in [5.41, 5.74) is 2.82. The molecule has 3 aromatic carbocycles. The zero-order chi connectivity index (χ0) is 27.6. The lowest BCUT2D eigenvalue weighted by molar-refractivity contribution is -0.113. The molecule has 1 heterocycles. The number of thiophene rings is 1. The van der Waals surface area contributed by atoms with E-state index in [1.807, 2.05) is 16.8 Å². The van der Waals surface area contributed by atoms with Crippen LogP contribution >= 0.6 is 11.3 Å². The Morgan fingerprint density at radius 2 is 1.62 bits per heavy atom. The molecule has 0 spiro atoms. The van der Waals surface area contributed by atoms with Crippen LogP contribution in [0.3, 0.4) is 0 Å². The molecule has 0 atom stereocenters. The minimum Gasteiger partial charge on any atom is -0.497 e. The van der Waals surface area contributed by atoms with Crippen LogP contribution in [0.5, 0.6) is 11.5 Å². The van der Waals surface area contributed by atoms with Crippen LogP contribution in [0.2, 0.25) is 0 Å². The van der Waals surface area contributed by atoms with Gasteiger partial charge in [-0.15, -0.1) is 0 Å². The first-order valence-corrected chi connectivity index (χ1v) is 12.9. The number of hydrogen-bond donors (Lipinski definition) is 2. The van der Waals surface area contributed by atoms with E-state index < -0.39 is 11.8 Å². The first-order chi connectivity index (χ1) is 19.0. The van der Waals surface area contributed by atoms with Crippen molar-refractivity contribution < 1.29 is 23.9 Å². The molecule has 4 rings (SSSR count). The van der Waals surface area contributed by atoms with Gasteiger partial charge in [0.25, 0.3) is 11.8 Å². The van der Waals surface area contributed by atoms with Crippen molar-refractivity contribution in [3.8, 4) is 11.5 Å². The average Bonchev–Trinajstić information content (AvgIpc) is 3.50. The van der Waals surface area contributed by atoms with E-state index >= 15 is 0 Å². The maximum absolute atomic E-state index is 13.3. The Kier molecular flexibility index (Phi) is 9.05. The van der Waals surface area contributed by atoms with Crippen LogP contribution < -0.4 is 20.1 Å². The monoisotopic (exact) mass is 538 g/mol. The molecule has 39 heavy (non-hydrogen) atoms. The maximum Gasteiger partial charge on any atom is 0.272 e. The first kappa shape index (κ1) is 27.1. The van der Waals surface area contributed by atoms with E-state index in [4.69, 9.17) is 9.47 Å². The van der Waals surface area contributed by atoms with Gasteiger partial charge in [-0.25, -0.2) is 0 Å².